The second-order valence-corrected chi connectivity index (χ2v) is 3.16. The molecule has 1 heterocycles. The lowest BCUT2D eigenvalue weighted by atomic mass is 10.4. The fraction of sp³-hybridized carbons (Fsp3) is 1.00. The lowest BCUT2D eigenvalue weighted by Gasteiger charge is -2.14. The molecule has 5 heteroatoms. The van der Waals surface area contributed by atoms with E-state index in [1.54, 1.807) is 0 Å². The SMILES string of the molecule is ClCC(CCl)OCC1COCO1. The number of halogens is 2. The standard InChI is InChI=1S/C7H12Cl2O3/c8-1-6(2-9)11-4-7-3-10-5-12-7/h6-7H,1-5H2. The number of hydrogen-bond donors (Lipinski definition) is 0. The first-order valence-corrected chi connectivity index (χ1v) is 4.86. The third-order valence-corrected chi connectivity index (χ3v) is 2.24. The Balaban J connectivity index is 2.06. The minimum absolute atomic E-state index is 0.0407. The zero-order valence-electron chi connectivity index (χ0n) is 6.67. The quantitative estimate of drug-likeness (QED) is 0.645. The summed E-state index contributed by atoms with van der Waals surface area (Å²) in [7, 11) is 0. The number of ether oxygens (including phenoxy) is 3. The van der Waals surface area contributed by atoms with Gasteiger partial charge in [0.2, 0.25) is 0 Å². The van der Waals surface area contributed by atoms with Gasteiger partial charge in [-0.3, -0.25) is 0 Å². The summed E-state index contributed by atoms with van der Waals surface area (Å²) in [5.74, 6) is 0.828. The highest BCUT2D eigenvalue weighted by Gasteiger charge is 2.17. The summed E-state index contributed by atoms with van der Waals surface area (Å²) in [4.78, 5) is 0. The van der Waals surface area contributed by atoms with Gasteiger partial charge in [0.05, 0.1) is 19.3 Å². The molecule has 1 atom stereocenters. The van der Waals surface area contributed by atoms with Crippen LogP contribution in [0.4, 0.5) is 0 Å². The fourth-order valence-electron chi connectivity index (χ4n) is 0.842. The molecule has 12 heavy (non-hydrogen) atoms. The number of hydrogen-bond acceptors (Lipinski definition) is 3. The van der Waals surface area contributed by atoms with Gasteiger partial charge in [-0.05, 0) is 0 Å². The molecule has 1 aliphatic rings. The van der Waals surface area contributed by atoms with Crippen molar-refractivity contribution in [1.82, 2.24) is 0 Å². The molecule has 0 aliphatic carbocycles. The summed E-state index contributed by atoms with van der Waals surface area (Å²) in [6.07, 6.45) is -0.0449. The van der Waals surface area contributed by atoms with Crippen LogP contribution in [0.5, 0.6) is 0 Å². The molecule has 0 N–H and O–H groups in total. The van der Waals surface area contributed by atoms with Gasteiger partial charge >= 0.3 is 0 Å². The van der Waals surface area contributed by atoms with E-state index in [0.29, 0.717) is 31.8 Å². The van der Waals surface area contributed by atoms with Crippen LogP contribution in [0.25, 0.3) is 0 Å². The predicted molar refractivity (Wildman–Crippen MR) is 46.9 cm³/mol. The van der Waals surface area contributed by atoms with E-state index in [2.05, 4.69) is 0 Å². The molecule has 3 nitrogen and oxygen atoms in total. The van der Waals surface area contributed by atoms with E-state index >= 15 is 0 Å². The Morgan fingerprint density at radius 2 is 2.17 bits per heavy atom. The first kappa shape index (κ1) is 10.5. The molecule has 0 aromatic rings. The van der Waals surface area contributed by atoms with Gasteiger partial charge in [-0.2, -0.15) is 0 Å². The summed E-state index contributed by atoms with van der Waals surface area (Å²) in [5, 5.41) is 0. The molecule has 1 rings (SSSR count). The van der Waals surface area contributed by atoms with Gasteiger partial charge in [-0.1, -0.05) is 0 Å². The van der Waals surface area contributed by atoms with Gasteiger partial charge in [0.15, 0.2) is 0 Å². The first-order chi connectivity index (χ1) is 5.86. The number of rotatable bonds is 5. The molecule has 0 bridgehead atoms. The molecule has 1 fully saturated rings. The van der Waals surface area contributed by atoms with Crippen molar-refractivity contribution >= 4 is 23.2 Å². The minimum Gasteiger partial charge on any atom is -0.373 e. The van der Waals surface area contributed by atoms with Gasteiger partial charge in [0.1, 0.15) is 12.9 Å². The van der Waals surface area contributed by atoms with Crippen molar-refractivity contribution in [1.29, 1.82) is 0 Å². The molecule has 0 spiro atoms. The summed E-state index contributed by atoms with van der Waals surface area (Å²) in [6.45, 7) is 1.46. The predicted octanol–water partition coefficient (Wildman–Crippen LogP) is 1.22. The molecule has 0 amide bonds. The topological polar surface area (TPSA) is 27.7 Å². The average molecular weight is 215 g/mol. The van der Waals surface area contributed by atoms with Gasteiger partial charge in [-0.25, -0.2) is 0 Å². The first-order valence-electron chi connectivity index (χ1n) is 3.79. The molecule has 0 aromatic heterocycles. The van der Waals surface area contributed by atoms with Crippen LogP contribution in [0, 0.1) is 0 Å². The minimum atomic E-state index is -0.0856. The Hall–Kier alpha value is 0.460. The van der Waals surface area contributed by atoms with Crippen molar-refractivity contribution in [3.63, 3.8) is 0 Å². The van der Waals surface area contributed by atoms with E-state index in [-0.39, 0.29) is 12.2 Å². The Bertz CT molecular complexity index is 111. The number of alkyl halides is 2. The van der Waals surface area contributed by atoms with Crippen LogP contribution in [0.15, 0.2) is 0 Å². The second-order valence-electron chi connectivity index (χ2n) is 2.54. The van der Waals surface area contributed by atoms with E-state index in [1.165, 1.54) is 0 Å². The van der Waals surface area contributed by atoms with Crippen molar-refractivity contribution < 1.29 is 14.2 Å². The molecule has 1 saturated heterocycles. The largest absolute Gasteiger partial charge is 0.373 e. The highest BCUT2D eigenvalue weighted by molar-refractivity contribution is 6.21. The van der Waals surface area contributed by atoms with Crippen molar-refractivity contribution in [2.45, 2.75) is 12.2 Å². The van der Waals surface area contributed by atoms with Gasteiger partial charge in [-0.15, -0.1) is 23.2 Å². The van der Waals surface area contributed by atoms with E-state index in [1.807, 2.05) is 0 Å². The zero-order chi connectivity index (χ0) is 8.81. The van der Waals surface area contributed by atoms with Crippen LogP contribution in [-0.2, 0) is 14.2 Å². The van der Waals surface area contributed by atoms with E-state index in [0.717, 1.165) is 0 Å². The van der Waals surface area contributed by atoms with Gasteiger partial charge < -0.3 is 14.2 Å². The van der Waals surface area contributed by atoms with Crippen molar-refractivity contribution in [2.24, 2.45) is 0 Å². The molecular weight excluding hydrogens is 203 g/mol. The van der Waals surface area contributed by atoms with Crippen molar-refractivity contribution in [3.8, 4) is 0 Å². The molecular formula is C7H12Cl2O3. The third-order valence-electron chi connectivity index (χ3n) is 1.55. The Kier molecular flexibility index (Phi) is 5.27. The average Bonchev–Trinajstić information content (AvgIpc) is 2.59. The van der Waals surface area contributed by atoms with Gasteiger partial charge in [0.25, 0.3) is 0 Å². The molecule has 72 valence electrons. The molecule has 0 aromatic carbocycles. The van der Waals surface area contributed by atoms with Crippen LogP contribution in [0.1, 0.15) is 0 Å². The Morgan fingerprint density at radius 3 is 2.67 bits per heavy atom. The smallest absolute Gasteiger partial charge is 0.147 e. The maximum Gasteiger partial charge on any atom is 0.147 e. The molecule has 0 radical (unpaired) electrons. The lowest BCUT2D eigenvalue weighted by Crippen LogP contribution is -2.25. The van der Waals surface area contributed by atoms with Crippen LogP contribution < -0.4 is 0 Å². The van der Waals surface area contributed by atoms with Crippen LogP contribution in [-0.4, -0.2) is 44.0 Å². The highest BCUT2D eigenvalue weighted by atomic mass is 35.5. The molecule has 1 unspecified atom stereocenters. The molecule has 1 aliphatic heterocycles. The van der Waals surface area contributed by atoms with E-state index < -0.39 is 0 Å². The second kappa shape index (κ2) is 6.00. The van der Waals surface area contributed by atoms with E-state index in [9.17, 15) is 0 Å². The van der Waals surface area contributed by atoms with Crippen LogP contribution >= 0.6 is 23.2 Å². The summed E-state index contributed by atoms with van der Waals surface area (Å²) >= 11 is 11.1. The lowest BCUT2D eigenvalue weighted by molar-refractivity contribution is -0.0113. The Morgan fingerprint density at radius 1 is 1.42 bits per heavy atom. The third kappa shape index (κ3) is 3.46. The van der Waals surface area contributed by atoms with Crippen LogP contribution in [0.3, 0.4) is 0 Å². The normalized spacial score (nSPS) is 23.8. The van der Waals surface area contributed by atoms with Gasteiger partial charge in [0, 0.05) is 11.8 Å². The zero-order valence-corrected chi connectivity index (χ0v) is 8.18. The Labute approximate surface area is 81.9 Å². The molecule has 0 saturated carbocycles. The highest BCUT2D eigenvalue weighted by Crippen LogP contribution is 2.06. The summed E-state index contributed by atoms with van der Waals surface area (Å²) in [5.41, 5.74) is 0. The summed E-state index contributed by atoms with van der Waals surface area (Å²) in [6, 6.07) is 0. The monoisotopic (exact) mass is 214 g/mol. The van der Waals surface area contributed by atoms with Crippen LogP contribution in [0.2, 0.25) is 0 Å². The maximum absolute atomic E-state index is 5.57. The van der Waals surface area contributed by atoms with E-state index in [4.69, 9.17) is 37.4 Å². The van der Waals surface area contributed by atoms with Crippen molar-refractivity contribution in [3.05, 3.63) is 0 Å². The van der Waals surface area contributed by atoms with Crippen molar-refractivity contribution in [2.75, 3.05) is 31.8 Å². The fourth-order valence-corrected chi connectivity index (χ4v) is 1.35. The summed E-state index contributed by atoms with van der Waals surface area (Å²) < 4.78 is 15.5. The maximum atomic E-state index is 5.57.